The molecule has 1 aromatic carbocycles. The summed E-state index contributed by atoms with van der Waals surface area (Å²) in [7, 11) is 3.29. The van der Waals surface area contributed by atoms with Gasteiger partial charge in [-0.2, -0.15) is 0 Å². The Labute approximate surface area is 103 Å². The summed E-state index contributed by atoms with van der Waals surface area (Å²) in [5, 5.41) is 0. The Morgan fingerprint density at radius 1 is 1.29 bits per heavy atom. The fourth-order valence-corrected chi connectivity index (χ4v) is 2.03. The Morgan fingerprint density at radius 2 is 2.00 bits per heavy atom. The third-order valence-electron chi connectivity index (χ3n) is 3.01. The molecule has 0 aromatic heterocycles. The molecule has 0 radical (unpaired) electrons. The number of aldehydes is 1. The van der Waals surface area contributed by atoms with E-state index in [1.807, 2.05) is 19.1 Å². The zero-order chi connectivity index (χ0) is 12.8. The molecule has 0 heterocycles. The second kappa shape index (κ2) is 6.28. The number of carbonyl (C=O) groups is 1. The summed E-state index contributed by atoms with van der Waals surface area (Å²) in [5.74, 6) is 1.79. The first-order valence-electron chi connectivity index (χ1n) is 5.86. The first-order valence-corrected chi connectivity index (χ1v) is 5.86. The highest BCUT2D eigenvalue weighted by molar-refractivity contribution is 5.54. The lowest BCUT2D eigenvalue weighted by atomic mass is 9.91. The third kappa shape index (κ3) is 2.99. The van der Waals surface area contributed by atoms with Crippen LogP contribution in [0.1, 0.15) is 37.3 Å². The van der Waals surface area contributed by atoms with Gasteiger partial charge in [0.15, 0.2) is 0 Å². The molecule has 0 saturated heterocycles. The maximum Gasteiger partial charge on any atom is 0.126 e. The lowest BCUT2D eigenvalue weighted by molar-refractivity contribution is -0.108. The lowest BCUT2D eigenvalue weighted by Crippen LogP contribution is -2.03. The maximum atomic E-state index is 10.6. The minimum absolute atomic E-state index is 0.187. The van der Waals surface area contributed by atoms with Crippen molar-refractivity contribution in [3.05, 3.63) is 23.3 Å². The fourth-order valence-electron chi connectivity index (χ4n) is 2.03. The normalized spacial score (nSPS) is 12.0. The summed E-state index contributed by atoms with van der Waals surface area (Å²) in [6.45, 7) is 4.13. The highest BCUT2D eigenvalue weighted by Gasteiger charge is 2.15. The van der Waals surface area contributed by atoms with Crippen LogP contribution in [-0.4, -0.2) is 20.5 Å². The standard InChI is InChI=1S/C14H20O3/c1-5-12-13(10(2)6-7-15)8-11(16-3)9-14(12)17-4/h7-10H,5-6H2,1-4H3. The van der Waals surface area contributed by atoms with Crippen LogP contribution in [0.4, 0.5) is 0 Å². The van der Waals surface area contributed by atoms with Crippen LogP contribution in [0.3, 0.4) is 0 Å². The molecule has 0 aliphatic heterocycles. The predicted molar refractivity (Wildman–Crippen MR) is 68.0 cm³/mol. The summed E-state index contributed by atoms with van der Waals surface area (Å²) < 4.78 is 10.6. The van der Waals surface area contributed by atoms with E-state index in [0.29, 0.717) is 6.42 Å². The van der Waals surface area contributed by atoms with Crippen molar-refractivity contribution < 1.29 is 14.3 Å². The highest BCUT2D eigenvalue weighted by Crippen LogP contribution is 2.34. The average Bonchev–Trinajstić information content (AvgIpc) is 2.37. The molecule has 0 amide bonds. The maximum absolute atomic E-state index is 10.6. The van der Waals surface area contributed by atoms with Gasteiger partial charge in [-0.1, -0.05) is 13.8 Å². The van der Waals surface area contributed by atoms with Crippen LogP contribution in [0.15, 0.2) is 12.1 Å². The van der Waals surface area contributed by atoms with Gasteiger partial charge in [-0.25, -0.2) is 0 Å². The number of carbonyl (C=O) groups excluding carboxylic acids is 1. The van der Waals surface area contributed by atoms with Crippen LogP contribution < -0.4 is 9.47 Å². The molecule has 1 atom stereocenters. The molecule has 0 bridgehead atoms. The van der Waals surface area contributed by atoms with E-state index < -0.39 is 0 Å². The number of hydrogen-bond acceptors (Lipinski definition) is 3. The molecule has 1 rings (SSSR count). The van der Waals surface area contributed by atoms with Crippen molar-refractivity contribution in [2.45, 2.75) is 32.6 Å². The van der Waals surface area contributed by atoms with E-state index in [1.54, 1.807) is 14.2 Å². The van der Waals surface area contributed by atoms with Crippen molar-refractivity contribution in [2.75, 3.05) is 14.2 Å². The summed E-state index contributed by atoms with van der Waals surface area (Å²) in [6.07, 6.45) is 2.35. The van der Waals surface area contributed by atoms with Gasteiger partial charge < -0.3 is 14.3 Å². The van der Waals surface area contributed by atoms with Crippen molar-refractivity contribution in [3.8, 4) is 11.5 Å². The number of hydrogen-bond donors (Lipinski definition) is 0. The van der Waals surface area contributed by atoms with E-state index in [1.165, 1.54) is 0 Å². The first-order chi connectivity index (χ1) is 8.17. The minimum Gasteiger partial charge on any atom is -0.497 e. The molecule has 0 aliphatic rings. The summed E-state index contributed by atoms with van der Waals surface area (Å²) in [5.41, 5.74) is 2.29. The first kappa shape index (κ1) is 13.6. The van der Waals surface area contributed by atoms with E-state index in [2.05, 4.69) is 6.92 Å². The van der Waals surface area contributed by atoms with E-state index >= 15 is 0 Å². The van der Waals surface area contributed by atoms with Gasteiger partial charge in [-0.15, -0.1) is 0 Å². The predicted octanol–water partition coefficient (Wildman–Crippen LogP) is 2.96. The Balaban J connectivity index is 3.27. The number of methoxy groups -OCH3 is 2. The largest absolute Gasteiger partial charge is 0.497 e. The van der Waals surface area contributed by atoms with Crippen molar-refractivity contribution >= 4 is 6.29 Å². The van der Waals surface area contributed by atoms with Crippen LogP contribution in [0, 0.1) is 0 Å². The average molecular weight is 236 g/mol. The summed E-state index contributed by atoms with van der Waals surface area (Å²) >= 11 is 0. The van der Waals surface area contributed by atoms with Gasteiger partial charge >= 0.3 is 0 Å². The van der Waals surface area contributed by atoms with Crippen molar-refractivity contribution in [2.24, 2.45) is 0 Å². The molecule has 0 aliphatic carbocycles. The van der Waals surface area contributed by atoms with Crippen LogP contribution in [0.25, 0.3) is 0 Å². The topological polar surface area (TPSA) is 35.5 Å². The van der Waals surface area contributed by atoms with Gasteiger partial charge in [-0.3, -0.25) is 0 Å². The molecule has 94 valence electrons. The number of ether oxygens (including phenoxy) is 2. The molecule has 1 unspecified atom stereocenters. The lowest BCUT2D eigenvalue weighted by Gasteiger charge is -2.18. The van der Waals surface area contributed by atoms with E-state index in [9.17, 15) is 4.79 Å². The van der Waals surface area contributed by atoms with Crippen LogP contribution in [0.2, 0.25) is 0 Å². The molecule has 0 saturated carbocycles. The molecular weight excluding hydrogens is 216 g/mol. The molecule has 0 N–H and O–H groups in total. The molecular formula is C14H20O3. The SMILES string of the molecule is CCc1c(OC)cc(OC)cc1C(C)CC=O. The molecule has 0 spiro atoms. The smallest absolute Gasteiger partial charge is 0.126 e. The van der Waals surface area contributed by atoms with E-state index in [-0.39, 0.29) is 5.92 Å². The number of rotatable bonds is 6. The molecule has 3 heteroatoms. The van der Waals surface area contributed by atoms with E-state index in [4.69, 9.17) is 9.47 Å². The van der Waals surface area contributed by atoms with Crippen LogP contribution in [-0.2, 0) is 11.2 Å². The van der Waals surface area contributed by atoms with Crippen molar-refractivity contribution in [1.29, 1.82) is 0 Å². The van der Waals surface area contributed by atoms with Crippen LogP contribution in [0.5, 0.6) is 11.5 Å². The Kier molecular flexibility index (Phi) is 5.01. The Hall–Kier alpha value is -1.51. The van der Waals surface area contributed by atoms with Gasteiger partial charge in [0.1, 0.15) is 17.8 Å². The molecule has 0 fully saturated rings. The molecule has 1 aromatic rings. The molecule has 3 nitrogen and oxygen atoms in total. The highest BCUT2D eigenvalue weighted by atomic mass is 16.5. The summed E-state index contributed by atoms with van der Waals surface area (Å²) in [4.78, 5) is 10.6. The minimum atomic E-state index is 0.187. The van der Waals surface area contributed by atoms with E-state index in [0.717, 1.165) is 35.3 Å². The Bertz CT molecular complexity index is 385. The second-order valence-electron chi connectivity index (χ2n) is 4.05. The van der Waals surface area contributed by atoms with Gasteiger partial charge in [0.25, 0.3) is 0 Å². The van der Waals surface area contributed by atoms with Crippen molar-refractivity contribution in [1.82, 2.24) is 0 Å². The van der Waals surface area contributed by atoms with Gasteiger partial charge in [-0.05, 0) is 29.5 Å². The van der Waals surface area contributed by atoms with Crippen LogP contribution >= 0.6 is 0 Å². The van der Waals surface area contributed by atoms with Crippen molar-refractivity contribution in [3.63, 3.8) is 0 Å². The monoisotopic (exact) mass is 236 g/mol. The zero-order valence-corrected chi connectivity index (χ0v) is 10.9. The van der Waals surface area contributed by atoms with Gasteiger partial charge in [0.2, 0.25) is 0 Å². The third-order valence-corrected chi connectivity index (χ3v) is 3.01. The number of benzene rings is 1. The Morgan fingerprint density at radius 3 is 2.47 bits per heavy atom. The quantitative estimate of drug-likeness (QED) is 0.712. The van der Waals surface area contributed by atoms with Gasteiger partial charge in [0, 0.05) is 12.5 Å². The second-order valence-corrected chi connectivity index (χ2v) is 4.05. The van der Waals surface area contributed by atoms with Gasteiger partial charge in [0.05, 0.1) is 14.2 Å². The zero-order valence-electron chi connectivity index (χ0n) is 10.9. The fraction of sp³-hybridized carbons (Fsp3) is 0.500. The molecule has 17 heavy (non-hydrogen) atoms. The summed E-state index contributed by atoms with van der Waals surface area (Å²) in [6, 6.07) is 3.88.